The second kappa shape index (κ2) is 8.68. The predicted molar refractivity (Wildman–Crippen MR) is 64.7 cm³/mol. The molecule has 0 aromatic carbocycles. The van der Waals surface area contributed by atoms with Gasteiger partial charge in [0.2, 0.25) is 5.76 Å². The molecule has 0 saturated carbocycles. The number of carboxylic acid groups (broad SMARTS) is 1. The first-order valence-electron chi connectivity index (χ1n) is 5.83. The van der Waals surface area contributed by atoms with Gasteiger partial charge in [-0.25, -0.2) is 4.79 Å². The minimum atomic E-state index is -1.05. The molecule has 0 saturated heterocycles. The summed E-state index contributed by atoms with van der Waals surface area (Å²) < 4.78 is 15.2. The molecule has 0 unspecified atom stereocenters. The predicted octanol–water partition coefficient (Wildman–Crippen LogP) is 1.12. The number of aromatic carboxylic acids is 1. The monoisotopic (exact) mass is 257 g/mol. The van der Waals surface area contributed by atoms with Crippen molar-refractivity contribution in [2.45, 2.75) is 13.0 Å². The second-order valence-corrected chi connectivity index (χ2v) is 3.71. The van der Waals surface area contributed by atoms with Gasteiger partial charge in [-0.15, -0.1) is 0 Å². The second-order valence-electron chi connectivity index (χ2n) is 3.71. The topological polar surface area (TPSA) is 80.9 Å². The Hall–Kier alpha value is -1.37. The van der Waals surface area contributed by atoms with Crippen LogP contribution in [0.1, 0.15) is 22.7 Å². The lowest BCUT2D eigenvalue weighted by molar-refractivity contribution is 0.0660. The van der Waals surface area contributed by atoms with Crippen LogP contribution in [0.2, 0.25) is 0 Å². The van der Waals surface area contributed by atoms with Crippen molar-refractivity contribution in [1.82, 2.24) is 5.32 Å². The third-order valence-electron chi connectivity index (χ3n) is 2.25. The molecule has 6 nitrogen and oxygen atoms in total. The van der Waals surface area contributed by atoms with Crippen LogP contribution in [0.15, 0.2) is 16.5 Å². The molecule has 18 heavy (non-hydrogen) atoms. The lowest BCUT2D eigenvalue weighted by atomic mass is 10.4. The minimum absolute atomic E-state index is 0.0327. The van der Waals surface area contributed by atoms with E-state index in [9.17, 15) is 4.79 Å². The highest BCUT2D eigenvalue weighted by atomic mass is 16.5. The van der Waals surface area contributed by atoms with Gasteiger partial charge in [-0.05, 0) is 25.1 Å². The normalized spacial score (nSPS) is 10.7. The fourth-order valence-electron chi connectivity index (χ4n) is 1.34. The maximum absolute atomic E-state index is 10.6. The van der Waals surface area contributed by atoms with Crippen molar-refractivity contribution in [2.75, 3.05) is 33.5 Å². The number of carboxylic acids is 1. The quantitative estimate of drug-likeness (QED) is 0.611. The first-order valence-corrected chi connectivity index (χ1v) is 5.83. The molecule has 1 rings (SSSR count). The molecule has 1 heterocycles. The Balaban J connectivity index is 2.02. The zero-order chi connectivity index (χ0) is 13.2. The molecule has 0 aliphatic rings. The van der Waals surface area contributed by atoms with Crippen LogP contribution in [0, 0.1) is 0 Å². The molecule has 0 fully saturated rings. The van der Waals surface area contributed by atoms with Crippen LogP contribution in [0.25, 0.3) is 0 Å². The zero-order valence-corrected chi connectivity index (χ0v) is 10.5. The Morgan fingerprint density at radius 3 is 2.89 bits per heavy atom. The molecular weight excluding hydrogens is 238 g/mol. The van der Waals surface area contributed by atoms with Gasteiger partial charge in [0.1, 0.15) is 5.76 Å². The van der Waals surface area contributed by atoms with Crippen molar-refractivity contribution in [1.29, 1.82) is 0 Å². The maximum atomic E-state index is 10.6. The summed E-state index contributed by atoms with van der Waals surface area (Å²) in [5, 5.41) is 11.8. The van der Waals surface area contributed by atoms with Crippen molar-refractivity contribution in [3.63, 3.8) is 0 Å². The van der Waals surface area contributed by atoms with Crippen LogP contribution in [-0.4, -0.2) is 44.6 Å². The van der Waals surface area contributed by atoms with Crippen LogP contribution in [0.3, 0.4) is 0 Å². The summed E-state index contributed by atoms with van der Waals surface area (Å²) in [5.74, 6) is -0.463. The van der Waals surface area contributed by atoms with E-state index in [2.05, 4.69) is 5.32 Å². The van der Waals surface area contributed by atoms with Crippen molar-refractivity contribution in [3.8, 4) is 0 Å². The van der Waals surface area contributed by atoms with Crippen molar-refractivity contribution >= 4 is 5.97 Å². The number of carbonyl (C=O) groups is 1. The van der Waals surface area contributed by atoms with Gasteiger partial charge in [0.15, 0.2) is 0 Å². The van der Waals surface area contributed by atoms with Gasteiger partial charge in [0, 0.05) is 13.7 Å². The summed E-state index contributed by atoms with van der Waals surface area (Å²) in [6.45, 7) is 3.20. The van der Waals surface area contributed by atoms with Crippen LogP contribution in [-0.2, 0) is 16.0 Å². The van der Waals surface area contributed by atoms with Crippen LogP contribution >= 0.6 is 0 Å². The Morgan fingerprint density at radius 1 is 1.39 bits per heavy atom. The summed E-state index contributed by atoms with van der Waals surface area (Å²) in [4.78, 5) is 10.6. The maximum Gasteiger partial charge on any atom is 0.371 e. The number of hydrogen-bond donors (Lipinski definition) is 2. The summed E-state index contributed by atoms with van der Waals surface area (Å²) in [6.07, 6.45) is 0.885. The number of nitrogens with one attached hydrogen (secondary N) is 1. The van der Waals surface area contributed by atoms with Crippen molar-refractivity contribution in [3.05, 3.63) is 23.7 Å². The van der Waals surface area contributed by atoms with Crippen LogP contribution in [0.4, 0.5) is 0 Å². The number of furan rings is 1. The molecule has 6 heteroatoms. The molecule has 1 aromatic rings. The third kappa shape index (κ3) is 5.81. The average molecular weight is 257 g/mol. The Kier molecular flexibility index (Phi) is 7.09. The summed E-state index contributed by atoms with van der Waals surface area (Å²) in [5.41, 5.74) is 0. The van der Waals surface area contributed by atoms with Gasteiger partial charge >= 0.3 is 5.97 Å². The van der Waals surface area contributed by atoms with E-state index in [1.807, 2.05) is 0 Å². The highest BCUT2D eigenvalue weighted by molar-refractivity contribution is 5.84. The highest BCUT2D eigenvalue weighted by Gasteiger charge is 2.07. The van der Waals surface area contributed by atoms with Gasteiger partial charge in [-0.2, -0.15) is 0 Å². The molecule has 0 bridgehead atoms. The number of rotatable bonds is 10. The first-order chi connectivity index (χ1) is 8.74. The van der Waals surface area contributed by atoms with Crippen molar-refractivity contribution in [2.24, 2.45) is 0 Å². The Bertz CT molecular complexity index is 350. The molecule has 0 aliphatic carbocycles. The molecule has 102 valence electrons. The lowest BCUT2D eigenvalue weighted by Gasteiger charge is -2.04. The van der Waals surface area contributed by atoms with E-state index in [0.29, 0.717) is 32.1 Å². The lowest BCUT2D eigenvalue weighted by Crippen LogP contribution is -2.16. The number of ether oxygens (including phenoxy) is 2. The molecular formula is C12H19NO5. The SMILES string of the molecule is COCCOCCCNCc1ccc(C(=O)O)o1. The summed E-state index contributed by atoms with van der Waals surface area (Å²) in [7, 11) is 1.64. The standard InChI is InChI=1S/C12H19NO5/c1-16-7-8-17-6-2-5-13-9-10-3-4-11(18-10)12(14)15/h3-4,13H,2,5-9H2,1H3,(H,14,15). The first kappa shape index (κ1) is 14.7. The van der Waals surface area contributed by atoms with E-state index in [-0.39, 0.29) is 5.76 Å². The number of methoxy groups -OCH3 is 1. The van der Waals surface area contributed by atoms with Gasteiger partial charge in [0.25, 0.3) is 0 Å². The smallest absolute Gasteiger partial charge is 0.371 e. The van der Waals surface area contributed by atoms with Gasteiger partial charge in [0.05, 0.1) is 19.8 Å². The van der Waals surface area contributed by atoms with Gasteiger partial charge < -0.3 is 24.3 Å². The summed E-state index contributed by atoms with van der Waals surface area (Å²) >= 11 is 0. The molecule has 0 aliphatic heterocycles. The van der Waals surface area contributed by atoms with E-state index in [1.165, 1.54) is 6.07 Å². The van der Waals surface area contributed by atoms with Crippen LogP contribution < -0.4 is 5.32 Å². The van der Waals surface area contributed by atoms with E-state index in [1.54, 1.807) is 13.2 Å². The Labute approximate surface area is 106 Å². The molecule has 0 spiro atoms. The highest BCUT2D eigenvalue weighted by Crippen LogP contribution is 2.07. The van der Waals surface area contributed by atoms with E-state index < -0.39 is 5.97 Å². The molecule has 0 atom stereocenters. The zero-order valence-electron chi connectivity index (χ0n) is 10.5. The van der Waals surface area contributed by atoms with Crippen LogP contribution in [0.5, 0.6) is 0 Å². The molecule has 1 aromatic heterocycles. The largest absolute Gasteiger partial charge is 0.475 e. The average Bonchev–Trinajstić information content (AvgIpc) is 2.81. The van der Waals surface area contributed by atoms with E-state index in [0.717, 1.165) is 13.0 Å². The number of hydrogen-bond acceptors (Lipinski definition) is 5. The molecule has 2 N–H and O–H groups in total. The molecule has 0 amide bonds. The van der Waals surface area contributed by atoms with E-state index in [4.69, 9.17) is 19.0 Å². The van der Waals surface area contributed by atoms with Gasteiger partial charge in [-0.3, -0.25) is 0 Å². The van der Waals surface area contributed by atoms with Gasteiger partial charge in [-0.1, -0.05) is 0 Å². The third-order valence-corrected chi connectivity index (χ3v) is 2.25. The van der Waals surface area contributed by atoms with Crippen molar-refractivity contribution < 1.29 is 23.8 Å². The minimum Gasteiger partial charge on any atom is -0.475 e. The molecule has 0 radical (unpaired) electrons. The fraction of sp³-hybridized carbons (Fsp3) is 0.583. The fourth-order valence-corrected chi connectivity index (χ4v) is 1.34. The summed E-state index contributed by atoms with van der Waals surface area (Å²) in [6, 6.07) is 3.11. The Morgan fingerprint density at radius 2 is 2.22 bits per heavy atom. The van der Waals surface area contributed by atoms with E-state index >= 15 is 0 Å².